The van der Waals surface area contributed by atoms with E-state index in [1.54, 1.807) is 18.2 Å². The highest BCUT2D eigenvalue weighted by Gasteiger charge is 2.48. The van der Waals surface area contributed by atoms with Gasteiger partial charge in [-0.1, -0.05) is 61.3 Å². The minimum Gasteiger partial charge on any atom is -0.483 e. The van der Waals surface area contributed by atoms with E-state index >= 15 is 0 Å². The monoisotopic (exact) mass is 625 g/mol. The maximum absolute atomic E-state index is 13.7. The molecule has 2 aromatic carbocycles. The second kappa shape index (κ2) is 10.5. The van der Waals surface area contributed by atoms with E-state index in [9.17, 15) is 14.4 Å². The van der Waals surface area contributed by atoms with Gasteiger partial charge in [-0.15, -0.1) is 0 Å². The zero-order valence-electron chi connectivity index (χ0n) is 23.4. The van der Waals surface area contributed by atoms with Crippen molar-refractivity contribution in [2.45, 2.75) is 66.2 Å². The molecule has 1 N–H and O–H groups in total. The van der Waals surface area contributed by atoms with Crippen LogP contribution in [0.3, 0.4) is 0 Å². The summed E-state index contributed by atoms with van der Waals surface area (Å²) >= 11 is 9.76. The van der Waals surface area contributed by atoms with Crippen molar-refractivity contribution in [1.82, 2.24) is 0 Å². The summed E-state index contributed by atoms with van der Waals surface area (Å²) in [5, 5.41) is 3.37. The third-order valence-corrected chi connectivity index (χ3v) is 8.58. The topological polar surface area (TPSA) is 81.7 Å². The van der Waals surface area contributed by atoms with Crippen LogP contribution in [0.1, 0.15) is 70.4 Å². The average molecular weight is 627 g/mol. The molecule has 1 amide bonds. The fraction of sp³-hybridized carbons (Fsp3) is 0.406. The molecular formula is C32H33BrClNO5. The number of halogens is 2. The lowest BCUT2D eigenvalue weighted by atomic mass is 9.65. The summed E-state index contributed by atoms with van der Waals surface area (Å²) < 4.78 is 13.2. The van der Waals surface area contributed by atoms with E-state index in [1.807, 2.05) is 25.1 Å². The highest BCUT2D eigenvalue weighted by atomic mass is 79.9. The van der Waals surface area contributed by atoms with Crippen molar-refractivity contribution in [2.75, 3.05) is 11.9 Å². The van der Waals surface area contributed by atoms with Crippen LogP contribution in [0.4, 0.5) is 5.69 Å². The third kappa shape index (κ3) is 5.77. The zero-order valence-corrected chi connectivity index (χ0v) is 25.7. The Balaban J connectivity index is 1.52. The third-order valence-electron chi connectivity index (χ3n) is 7.68. The zero-order chi connectivity index (χ0) is 29.0. The van der Waals surface area contributed by atoms with Crippen LogP contribution in [-0.2, 0) is 19.1 Å². The molecule has 0 fully saturated rings. The summed E-state index contributed by atoms with van der Waals surface area (Å²) in [6.07, 6.45) is 1.92. The Morgan fingerprint density at radius 2 is 1.57 bits per heavy atom. The number of nitrogens with one attached hydrogen (secondary N) is 1. The Kier molecular flexibility index (Phi) is 7.51. The second-order valence-electron chi connectivity index (χ2n) is 12.6. The number of rotatable bonds is 5. The van der Waals surface area contributed by atoms with E-state index in [1.165, 1.54) is 0 Å². The lowest BCUT2D eigenvalue weighted by molar-refractivity contribution is -0.121. The summed E-state index contributed by atoms with van der Waals surface area (Å²) in [6, 6.07) is 10.8. The molecule has 40 heavy (non-hydrogen) atoms. The fourth-order valence-electron chi connectivity index (χ4n) is 5.87. The van der Waals surface area contributed by atoms with Gasteiger partial charge in [-0.2, -0.15) is 0 Å². The molecule has 0 unspecified atom stereocenters. The number of anilines is 1. The molecule has 0 saturated carbocycles. The highest BCUT2D eigenvalue weighted by molar-refractivity contribution is 9.10. The Labute approximate surface area is 248 Å². The van der Waals surface area contributed by atoms with Gasteiger partial charge in [0.25, 0.3) is 5.91 Å². The van der Waals surface area contributed by atoms with Crippen LogP contribution < -0.4 is 10.1 Å². The summed E-state index contributed by atoms with van der Waals surface area (Å²) in [6.45, 7) is 9.85. The Bertz CT molecular complexity index is 1450. The van der Waals surface area contributed by atoms with Crippen molar-refractivity contribution < 1.29 is 23.9 Å². The largest absolute Gasteiger partial charge is 0.483 e. The normalized spacial score (nSPS) is 20.1. The van der Waals surface area contributed by atoms with E-state index in [2.05, 4.69) is 48.9 Å². The minimum atomic E-state index is -0.627. The van der Waals surface area contributed by atoms with Gasteiger partial charge in [0.05, 0.1) is 5.92 Å². The highest BCUT2D eigenvalue weighted by Crippen LogP contribution is 2.54. The number of carbonyl (C=O) groups excluding carboxylic acids is 3. The van der Waals surface area contributed by atoms with E-state index in [0.717, 1.165) is 10.0 Å². The van der Waals surface area contributed by atoms with Crippen LogP contribution in [0.25, 0.3) is 0 Å². The number of allylic oxidation sites excluding steroid dienone is 4. The number of benzene rings is 2. The van der Waals surface area contributed by atoms with Gasteiger partial charge >= 0.3 is 0 Å². The van der Waals surface area contributed by atoms with Crippen molar-refractivity contribution in [2.24, 2.45) is 10.8 Å². The van der Waals surface area contributed by atoms with Crippen LogP contribution in [0, 0.1) is 17.8 Å². The van der Waals surface area contributed by atoms with Crippen molar-refractivity contribution in [3.8, 4) is 5.75 Å². The summed E-state index contributed by atoms with van der Waals surface area (Å²) in [4.78, 5) is 40.1. The predicted molar refractivity (Wildman–Crippen MR) is 158 cm³/mol. The van der Waals surface area contributed by atoms with Gasteiger partial charge in [0.2, 0.25) is 0 Å². The van der Waals surface area contributed by atoms with Gasteiger partial charge in [0.1, 0.15) is 17.3 Å². The quantitative estimate of drug-likeness (QED) is 0.366. The van der Waals surface area contributed by atoms with Crippen molar-refractivity contribution >= 4 is 50.7 Å². The van der Waals surface area contributed by atoms with Crippen LogP contribution in [0.15, 0.2) is 63.5 Å². The molecule has 6 nitrogen and oxygen atoms in total. The second-order valence-corrected chi connectivity index (χ2v) is 13.9. The number of aryl methyl sites for hydroxylation is 1. The number of Topliss-reactive ketones (excluding diaryl/α,β-unsaturated/α-hetero) is 2. The average Bonchev–Trinajstić information content (AvgIpc) is 2.82. The predicted octanol–water partition coefficient (Wildman–Crippen LogP) is 7.83. The molecule has 0 atom stereocenters. The maximum atomic E-state index is 13.7. The molecule has 0 spiro atoms. The molecule has 0 aromatic heterocycles. The molecule has 2 aromatic rings. The first-order valence-corrected chi connectivity index (χ1v) is 14.6. The summed E-state index contributed by atoms with van der Waals surface area (Å²) in [5.41, 5.74) is 2.68. The molecular weight excluding hydrogens is 594 g/mol. The van der Waals surface area contributed by atoms with Crippen LogP contribution in [-0.4, -0.2) is 24.1 Å². The number of carbonyl (C=O) groups is 3. The van der Waals surface area contributed by atoms with E-state index in [4.69, 9.17) is 21.1 Å². The molecule has 0 saturated heterocycles. The minimum absolute atomic E-state index is 0.0275. The number of hydrogen-bond donors (Lipinski definition) is 1. The van der Waals surface area contributed by atoms with Crippen LogP contribution in [0.2, 0.25) is 5.02 Å². The lowest BCUT2D eigenvalue weighted by Crippen LogP contribution is -2.37. The van der Waals surface area contributed by atoms with Gasteiger partial charge in [0, 0.05) is 57.6 Å². The number of ketones is 2. The molecule has 3 aliphatic rings. The van der Waals surface area contributed by atoms with Gasteiger partial charge < -0.3 is 14.8 Å². The summed E-state index contributed by atoms with van der Waals surface area (Å²) in [7, 11) is 0. The Morgan fingerprint density at radius 1 is 0.975 bits per heavy atom. The molecule has 5 rings (SSSR count). The maximum Gasteiger partial charge on any atom is 0.262 e. The number of amides is 1. The van der Waals surface area contributed by atoms with E-state index in [0.29, 0.717) is 70.4 Å². The van der Waals surface area contributed by atoms with Gasteiger partial charge in [0.15, 0.2) is 18.2 Å². The van der Waals surface area contributed by atoms with Crippen molar-refractivity contribution in [3.05, 3.63) is 79.7 Å². The first-order valence-electron chi connectivity index (χ1n) is 13.4. The standard InChI is InChI=1S/C32H33BrClNO5/c1-17-6-8-19(11-21(17)34)35-27(38)16-39-24-9-7-18(33)10-20(24)28-29-22(36)12-31(2,3)14-25(29)40-26-15-32(4,5)13-23(37)30(26)28/h6-11,28H,12-16H2,1-5H3,(H,35,38). The first-order chi connectivity index (χ1) is 18.7. The first kappa shape index (κ1) is 28.6. The van der Waals surface area contributed by atoms with Crippen LogP contribution >= 0.6 is 27.5 Å². The van der Waals surface area contributed by atoms with E-state index in [-0.39, 0.29) is 34.9 Å². The molecule has 1 aliphatic heterocycles. The molecule has 0 bridgehead atoms. The SMILES string of the molecule is Cc1ccc(NC(=O)COc2ccc(Br)cc2C2C3=C(CC(C)(C)CC3=O)OC3=C2C(=O)CC(C)(C)C3)cc1Cl. The summed E-state index contributed by atoms with van der Waals surface area (Å²) in [5.74, 6) is 0.664. The van der Waals surface area contributed by atoms with Gasteiger partial charge in [-0.3, -0.25) is 14.4 Å². The molecule has 1 heterocycles. The van der Waals surface area contributed by atoms with Crippen molar-refractivity contribution in [1.29, 1.82) is 0 Å². The lowest BCUT2D eigenvalue weighted by Gasteiger charge is -2.43. The smallest absolute Gasteiger partial charge is 0.262 e. The van der Waals surface area contributed by atoms with Crippen LogP contribution in [0.5, 0.6) is 5.75 Å². The number of hydrogen-bond acceptors (Lipinski definition) is 5. The molecule has 2 aliphatic carbocycles. The fourth-order valence-corrected chi connectivity index (χ4v) is 6.43. The van der Waals surface area contributed by atoms with Gasteiger partial charge in [-0.05, 0) is 53.6 Å². The molecule has 0 radical (unpaired) electrons. The van der Waals surface area contributed by atoms with Gasteiger partial charge in [-0.25, -0.2) is 0 Å². The molecule has 8 heteroatoms. The Morgan fingerprint density at radius 3 is 2.15 bits per heavy atom. The van der Waals surface area contributed by atoms with Crippen molar-refractivity contribution in [3.63, 3.8) is 0 Å². The Hall–Kier alpha value is -2.90. The molecule has 210 valence electrons. The number of ether oxygens (including phenoxy) is 2. The van der Waals surface area contributed by atoms with E-state index < -0.39 is 5.92 Å².